The Hall–Kier alpha value is -2.69. The summed E-state index contributed by atoms with van der Waals surface area (Å²) in [7, 11) is 0. The van der Waals surface area contributed by atoms with Crippen molar-refractivity contribution in [2.45, 2.75) is 33.1 Å². The van der Waals surface area contributed by atoms with Crippen LogP contribution >= 0.6 is 0 Å². The molecule has 0 fully saturated rings. The highest BCUT2D eigenvalue weighted by molar-refractivity contribution is 5.78. The van der Waals surface area contributed by atoms with E-state index in [1.54, 1.807) is 18.5 Å². The van der Waals surface area contributed by atoms with E-state index in [2.05, 4.69) is 29.3 Å². The van der Waals surface area contributed by atoms with Gasteiger partial charge >= 0.3 is 6.03 Å². The fraction of sp³-hybridized carbons (Fsp3) is 0.278. The summed E-state index contributed by atoms with van der Waals surface area (Å²) in [6.45, 7) is 4.07. The van der Waals surface area contributed by atoms with Gasteiger partial charge in [0.05, 0.1) is 11.4 Å². The summed E-state index contributed by atoms with van der Waals surface area (Å²) in [6.07, 6.45) is 5.80. The Kier molecular flexibility index (Phi) is 4.37. The van der Waals surface area contributed by atoms with E-state index < -0.39 is 0 Å². The van der Waals surface area contributed by atoms with Crippen molar-refractivity contribution in [3.8, 4) is 0 Å². The normalized spacial score (nSPS) is 10.9. The molecule has 0 unspecified atom stereocenters. The van der Waals surface area contributed by atoms with Gasteiger partial charge in [0, 0.05) is 24.4 Å². The van der Waals surface area contributed by atoms with Gasteiger partial charge in [-0.1, -0.05) is 43.7 Å². The molecule has 0 saturated heterocycles. The SMILES string of the molecule is CCCc1c(Cc2ccccc2)c(C)nn1C(=O)n1cccn1. The second-order valence-corrected chi connectivity index (χ2v) is 5.57. The average Bonchev–Trinajstić information content (AvgIpc) is 3.19. The lowest BCUT2D eigenvalue weighted by Gasteiger charge is -2.08. The van der Waals surface area contributed by atoms with Crippen molar-refractivity contribution >= 4 is 6.03 Å². The van der Waals surface area contributed by atoms with Crippen LogP contribution in [0.4, 0.5) is 4.79 Å². The molecule has 5 nitrogen and oxygen atoms in total. The van der Waals surface area contributed by atoms with Crippen LogP contribution in [0.2, 0.25) is 0 Å². The second kappa shape index (κ2) is 6.60. The summed E-state index contributed by atoms with van der Waals surface area (Å²) in [4.78, 5) is 12.6. The first-order chi connectivity index (χ1) is 11.2. The molecule has 0 amide bonds. The molecular formula is C18H20N4O. The zero-order valence-corrected chi connectivity index (χ0v) is 13.4. The Morgan fingerprint density at radius 2 is 1.96 bits per heavy atom. The van der Waals surface area contributed by atoms with Crippen LogP contribution in [-0.4, -0.2) is 25.6 Å². The number of hydrogen-bond acceptors (Lipinski definition) is 3. The number of carbonyl (C=O) groups excluding carboxylic acids is 1. The zero-order chi connectivity index (χ0) is 16.2. The molecule has 1 aromatic carbocycles. The first-order valence-electron chi connectivity index (χ1n) is 7.86. The molecule has 2 heterocycles. The van der Waals surface area contributed by atoms with Gasteiger partial charge in [0.1, 0.15) is 0 Å². The van der Waals surface area contributed by atoms with E-state index in [1.807, 2.05) is 25.1 Å². The topological polar surface area (TPSA) is 52.7 Å². The van der Waals surface area contributed by atoms with Gasteiger partial charge < -0.3 is 0 Å². The third-order valence-corrected chi connectivity index (χ3v) is 3.88. The molecule has 2 aromatic heterocycles. The lowest BCUT2D eigenvalue weighted by atomic mass is 10.0. The molecule has 0 aliphatic rings. The van der Waals surface area contributed by atoms with Crippen molar-refractivity contribution in [1.29, 1.82) is 0 Å². The van der Waals surface area contributed by atoms with Gasteiger partial charge in [-0.2, -0.15) is 19.6 Å². The Morgan fingerprint density at radius 3 is 2.61 bits per heavy atom. The third-order valence-electron chi connectivity index (χ3n) is 3.88. The molecule has 23 heavy (non-hydrogen) atoms. The number of rotatable bonds is 4. The van der Waals surface area contributed by atoms with E-state index in [9.17, 15) is 4.79 Å². The maximum Gasteiger partial charge on any atom is 0.369 e. The molecule has 0 N–H and O–H groups in total. The van der Waals surface area contributed by atoms with Crippen LogP contribution < -0.4 is 0 Å². The maximum atomic E-state index is 12.6. The summed E-state index contributed by atoms with van der Waals surface area (Å²) >= 11 is 0. The average molecular weight is 308 g/mol. The molecule has 0 aliphatic carbocycles. The van der Waals surface area contributed by atoms with Gasteiger partial charge in [-0.15, -0.1) is 0 Å². The number of benzene rings is 1. The van der Waals surface area contributed by atoms with Gasteiger partial charge in [0.15, 0.2) is 0 Å². The summed E-state index contributed by atoms with van der Waals surface area (Å²) < 4.78 is 2.82. The van der Waals surface area contributed by atoms with E-state index in [4.69, 9.17) is 0 Å². The lowest BCUT2D eigenvalue weighted by molar-refractivity contribution is 0.237. The second-order valence-electron chi connectivity index (χ2n) is 5.57. The molecule has 0 radical (unpaired) electrons. The monoisotopic (exact) mass is 308 g/mol. The molecule has 0 spiro atoms. The first kappa shape index (κ1) is 15.2. The largest absolute Gasteiger partial charge is 0.369 e. The Balaban J connectivity index is 2.01. The van der Waals surface area contributed by atoms with Gasteiger partial charge in [0.2, 0.25) is 0 Å². The van der Waals surface area contributed by atoms with E-state index >= 15 is 0 Å². The van der Waals surface area contributed by atoms with Crippen LogP contribution in [0.1, 0.15) is 35.9 Å². The van der Waals surface area contributed by atoms with Crippen molar-refractivity contribution < 1.29 is 4.79 Å². The smallest absolute Gasteiger partial charge is 0.244 e. The minimum Gasteiger partial charge on any atom is -0.244 e. The van der Waals surface area contributed by atoms with Crippen molar-refractivity contribution in [3.63, 3.8) is 0 Å². The van der Waals surface area contributed by atoms with Crippen LogP contribution in [-0.2, 0) is 12.8 Å². The van der Waals surface area contributed by atoms with E-state index in [0.29, 0.717) is 0 Å². The van der Waals surface area contributed by atoms with Crippen molar-refractivity contribution in [3.05, 3.63) is 71.3 Å². The Bertz CT molecular complexity index is 788. The van der Waals surface area contributed by atoms with E-state index in [-0.39, 0.29) is 6.03 Å². The standard InChI is InChI=1S/C18H20N4O/c1-3-8-17-16(13-15-9-5-4-6-10-15)14(2)20-22(17)18(23)21-12-7-11-19-21/h4-7,9-12H,3,8,13H2,1-2H3. The fourth-order valence-electron chi connectivity index (χ4n) is 2.77. The number of aryl methyl sites for hydroxylation is 1. The van der Waals surface area contributed by atoms with Gasteiger partial charge in [-0.05, 0) is 25.0 Å². The summed E-state index contributed by atoms with van der Waals surface area (Å²) in [5.41, 5.74) is 4.24. The summed E-state index contributed by atoms with van der Waals surface area (Å²) in [5.74, 6) is 0. The van der Waals surface area contributed by atoms with Crippen LogP contribution in [0.15, 0.2) is 48.8 Å². The zero-order valence-electron chi connectivity index (χ0n) is 13.4. The van der Waals surface area contributed by atoms with Crippen molar-refractivity contribution in [2.75, 3.05) is 0 Å². The highest BCUT2D eigenvalue weighted by atomic mass is 16.2. The van der Waals surface area contributed by atoms with Gasteiger partial charge in [-0.3, -0.25) is 0 Å². The lowest BCUT2D eigenvalue weighted by Crippen LogP contribution is -2.23. The quantitative estimate of drug-likeness (QED) is 0.742. The molecule has 118 valence electrons. The van der Waals surface area contributed by atoms with Gasteiger partial charge in [0.25, 0.3) is 0 Å². The Labute approximate surface area is 135 Å². The molecule has 3 rings (SSSR count). The molecular weight excluding hydrogens is 288 g/mol. The number of nitrogens with zero attached hydrogens (tertiary/aromatic N) is 4. The highest BCUT2D eigenvalue weighted by Crippen LogP contribution is 2.20. The first-order valence-corrected chi connectivity index (χ1v) is 7.86. The maximum absolute atomic E-state index is 12.6. The van der Waals surface area contributed by atoms with E-state index in [0.717, 1.165) is 36.2 Å². The number of carbonyl (C=O) groups is 1. The highest BCUT2D eigenvalue weighted by Gasteiger charge is 2.20. The fourth-order valence-corrected chi connectivity index (χ4v) is 2.77. The Morgan fingerprint density at radius 1 is 1.17 bits per heavy atom. The minimum absolute atomic E-state index is 0.235. The van der Waals surface area contributed by atoms with Crippen molar-refractivity contribution in [2.24, 2.45) is 0 Å². The van der Waals surface area contributed by atoms with Gasteiger partial charge in [-0.25, -0.2) is 4.79 Å². The molecule has 5 heteroatoms. The van der Waals surface area contributed by atoms with E-state index in [1.165, 1.54) is 14.9 Å². The summed E-state index contributed by atoms with van der Waals surface area (Å²) in [5, 5.41) is 8.51. The van der Waals surface area contributed by atoms with Crippen LogP contribution in [0, 0.1) is 6.92 Å². The van der Waals surface area contributed by atoms with Crippen LogP contribution in [0.3, 0.4) is 0 Å². The molecule has 0 aliphatic heterocycles. The predicted octanol–water partition coefficient (Wildman–Crippen LogP) is 3.45. The van der Waals surface area contributed by atoms with Crippen LogP contribution in [0.5, 0.6) is 0 Å². The molecule has 0 atom stereocenters. The predicted molar refractivity (Wildman–Crippen MR) is 88.6 cm³/mol. The van der Waals surface area contributed by atoms with Crippen molar-refractivity contribution in [1.82, 2.24) is 19.6 Å². The molecule has 0 saturated carbocycles. The van der Waals surface area contributed by atoms with Crippen LogP contribution in [0.25, 0.3) is 0 Å². The molecule has 0 bridgehead atoms. The molecule has 3 aromatic rings. The third kappa shape index (κ3) is 3.08. The number of hydrogen-bond donors (Lipinski definition) is 0. The number of aromatic nitrogens is 4. The minimum atomic E-state index is -0.235. The summed E-state index contributed by atoms with van der Waals surface area (Å²) in [6, 6.07) is 11.8.